The van der Waals surface area contributed by atoms with E-state index in [1.165, 1.54) is 23.7 Å². The second-order valence-electron chi connectivity index (χ2n) is 6.66. The summed E-state index contributed by atoms with van der Waals surface area (Å²) in [5.74, 6) is 0.448. The number of hydrogen-bond donors (Lipinski definition) is 2. The third-order valence-corrected chi connectivity index (χ3v) is 4.69. The van der Waals surface area contributed by atoms with Crippen LogP contribution in [0, 0.1) is 13.8 Å². The van der Waals surface area contributed by atoms with Crippen molar-refractivity contribution < 1.29 is 4.79 Å². The molecule has 0 atom stereocenters. The van der Waals surface area contributed by atoms with Gasteiger partial charge >= 0.3 is 0 Å². The van der Waals surface area contributed by atoms with Crippen molar-refractivity contribution in [3.05, 3.63) is 40.2 Å². The maximum Gasteiger partial charge on any atom is 0.256 e. The van der Waals surface area contributed by atoms with Crippen LogP contribution in [0.25, 0.3) is 0 Å². The Labute approximate surface area is 157 Å². The van der Waals surface area contributed by atoms with Crippen molar-refractivity contribution in [2.45, 2.75) is 33.2 Å². The summed E-state index contributed by atoms with van der Waals surface area (Å²) >= 11 is 0. The Bertz CT molecular complexity index is 859. The zero-order valence-corrected chi connectivity index (χ0v) is 15.7. The number of rotatable bonds is 7. The van der Waals surface area contributed by atoms with Crippen LogP contribution in [0.1, 0.15) is 24.1 Å². The lowest BCUT2D eigenvalue weighted by Gasteiger charge is -2.17. The molecule has 27 heavy (non-hydrogen) atoms. The number of aromatic nitrogens is 4. The molecule has 0 radical (unpaired) electrons. The van der Waals surface area contributed by atoms with Crippen LogP contribution in [0.2, 0.25) is 0 Å². The lowest BCUT2D eigenvalue weighted by Crippen LogP contribution is -2.35. The molecule has 1 fully saturated rings. The Hall–Kier alpha value is -2.97. The molecule has 0 bridgehead atoms. The van der Waals surface area contributed by atoms with Gasteiger partial charge < -0.3 is 15.5 Å². The minimum atomic E-state index is -0.235. The summed E-state index contributed by atoms with van der Waals surface area (Å²) in [6, 6.07) is 1.97. The van der Waals surface area contributed by atoms with Crippen molar-refractivity contribution in [1.29, 1.82) is 0 Å². The third-order valence-electron chi connectivity index (χ3n) is 4.69. The standard InChI is InChI=1S/C18H25N7O2/c1-13-14(2)21-12-25(18(13)27)11-17(26)20-6-5-19-16-9-15(10-22-23-16)24-7-3-4-8-24/h9-10,12H,3-8,11H2,1-2H3,(H,19,23)(H,20,26). The molecule has 0 aromatic carbocycles. The van der Waals surface area contributed by atoms with Crippen LogP contribution in [0.3, 0.4) is 0 Å². The maximum atomic E-state index is 12.1. The fourth-order valence-electron chi connectivity index (χ4n) is 2.98. The molecule has 0 unspecified atom stereocenters. The smallest absolute Gasteiger partial charge is 0.256 e. The number of aryl methyl sites for hydroxylation is 1. The second-order valence-corrected chi connectivity index (χ2v) is 6.66. The van der Waals surface area contributed by atoms with E-state index in [1.54, 1.807) is 20.0 Å². The summed E-state index contributed by atoms with van der Waals surface area (Å²) in [5, 5.41) is 14.1. The zero-order chi connectivity index (χ0) is 19.2. The highest BCUT2D eigenvalue weighted by Gasteiger charge is 2.13. The van der Waals surface area contributed by atoms with Crippen molar-refractivity contribution in [3.8, 4) is 0 Å². The fraction of sp³-hybridized carbons (Fsp3) is 0.500. The molecule has 1 aliphatic rings. The SMILES string of the molecule is Cc1ncn(CC(=O)NCCNc2cc(N3CCCC3)cnn2)c(=O)c1C. The molecule has 9 nitrogen and oxygen atoms in total. The highest BCUT2D eigenvalue weighted by molar-refractivity contribution is 5.75. The summed E-state index contributed by atoms with van der Waals surface area (Å²) in [5.41, 5.74) is 2.11. The Morgan fingerprint density at radius 3 is 2.78 bits per heavy atom. The van der Waals surface area contributed by atoms with Crippen LogP contribution in [0.4, 0.5) is 11.5 Å². The summed E-state index contributed by atoms with van der Waals surface area (Å²) in [6.45, 7) is 6.47. The molecule has 9 heteroatoms. The van der Waals surface area contributed by atoms with Gasteiger partial charge in [-0.25, -0.2) is 4.98 Å². The second kappa shape index (κ2) is 8.61. The van der Waals surface area contributed by atoms with Gasteiger partial charge in [-0.2, -0.15) is 5.10 Å². The van der Waals surface area contributed by atoms with E-state index < -0.39 is 0 Å². The van der Waals surface area contributed by atoms with Gasteiger partial charge in [-0.3, -0.25) is 14.2 Å². The number of amides is 1. The lowest BCUT2D eigenvalue weighted by atomic mass is 10.3. The van der Waals surface area contributed by atoms with Gasteiger partial charge in [-0.15, -0.1) is 5.10 Å². The van der Waals surface area contributed by atoms with E-state index in [1.807, 2.05) is 6.07 Å². The minimum absolute atomic E-state index is 0.0444. The minimum Gasteiger partial charge on any atom is -0.370 e. The number of carbonyl (C=O) groups excluding carboxylic acids is 1. The van der Waals surface area contributed by atoms with E-state index >= 15 is 0 Å². The molecule has 2 aromatic rings. The van der Waals surface area contributed by atoms with Crippen LogP contribution >= 0.6 is 0 Å². The molecule has 3 heterocycles. The Morgan fingerprint density at radius 2 is 2.00 bits per heavy atom. The Morgan fingerprint density at radius 1 is 1.22 bits per heavy atom. The fourth-order valence-corrected chi connectivity index (χ4v) is 2.98. The molecule has 0 aliphatic carbocycles. The first-order valence-electron chi connectivity index (χ1n) is 9.15. The molecule has 1 aliphatic heterocycles. The molecule has 0 spiro atoms. The van der Waals surface area contributed by atoms with Gasteiger partial charge in [0.2, 0.25) is 5.91 Å². The van der Waals surface area contributed by atoms with Crippen molar-refractivity contribution in [2.75, 3.05) is 36.4 Å². The van der Waals surface area contributed by atoms with E-state index in [0.29, 0.717) is 30.2 Å². The van der Waals surface area contributed by atoms with Crippen molar-refractivity contribution in [2.24, 2.45) is 0 Å². The third kappa shape index (κ3) is 4.81. The summed E-state index contributed by atoms with van der Waals surface area (Å²) in [6.07, 6.45) is 5.59. The molecular formula is C18H25N7O2. The van der Waals surface area contributed by atoms with Gasteiger partial charge in [-0.05, 0) is 26.7 Å². The van der Waals surface area contributed by atoms with Gasteiger partial charge in [0, 0.05) is 43.5 Å². The molecule has 1 saturated heterocycles. The molecule has 1 amide bonds. The highest BCUT2D eigenvalue weighted by Crippen LogP contribution is 2.20. The Balaban J connectivity index is 1.45. The molecule has 0 saturated carbocycles. The molecule has 2 N–H and O–H groups in total. The predicted octanol–water partition coefficient (Wildman–Crippen LogP) is 0.479. The Kier molecular flexibility index (Phi) is 6.00. The van der Waals surface area contributed by atoms with Crippen LogP contribution in [-0.2, 0) is 11.3 Å². The number of hydrogen-bond acceptors (Lipinski definition) is 7. The summed E-state index contributed by atoms with van der Waals surface area (Å²) in [4.78, 5) is 30.5. The summed E-state index contributed by atoms with van der Waals surface area (Å²) in [7, 11) is 0. The predicted molar refractivity (Wildman–Crippen MR) is 103 cm³/mol. The average Bonchev–Trinajstić information content (AvgIpc) is 3.21. The highest BCUT2D eigenvalue weighted by atomic mass is 16.2. The van der Waals surface area contributed by atoms with E-state index in [9.17, 15) is 9.59 Å². The normalized spacial score (nSPS) is 13.6. The first kappa shape index (κ1) is 18.8. The largest absolute Gasteiger partial charge is 0.370 e. The van der Waals surface area contributed by atoms with Gasteiger partial charge in [0.25, 0.3) is 5.56 Å². The van der Waals surface area contributed by atoms with Crippen LogP contribution in [-0.4, -0.2) is 51.8 Å². The van der Waals surface area contributed by atoms with E-state index in [-0.39, 0.29) is 18.0 Å². The molecule has 3 rings (SSSR count). The number of carbonyl (C=O) groups is 1. The van der Waals surface area contributed by atoms with E-state index in [4.69, 9.17) is 0 Å². The first-order valence-corrected chi connectivity index (χ1v) is 9.15. The van der Waals surface area contributed by atoms with E-state index in [2.05, 4.69) is 30.7 Å². The van der Waals surface area contributed by atoms with Crippen LogP contribution in [0.15, 0.2) is 23.4 Å². The van der Waals surface area contributed by atoms with Crippen molar-refractivity contribution in [3.63, 3.8) is 0 Å². The van der Waals surface area contributed by atoms with Gasteiger partial charge in [0.05, 0.1) is 18.2 Å². The number of anilines is 2. The van der Waals surface area contributed by atoms with E-state index in [0.717, 1.165) is 18.8 Å². The molecule has 144 valence electrons. The van der Waals surface area contributed by atoms with Gasteiger partial charge in [0.1, 0.15) is 6.54 Å². The van der Waals surface area contributed by atoms with Crippen LogP contribution in [0.5, 0.6) is 0 Å². The average molecular weight is 371 g/mol. The first-order chi connectivity index (χ1) is 13.0. The van der Waals surface area contributed by atoms with Gasteiger partial charge in [-0.1, -0.05) is 0 Å². The molecule has 2 aromatic heterocycles. The summed E-state index contributed by atoms with van der Waals surface area (Å²) < 4.78 is 1.32. The quantitative estimate of drug-likeness (QED) is 0.682. The zero-order valence-electron chi connectivity index (χ0n) is 15.7. The van der Waals surface area contributed by atoms with Crippen molar-refractivity contribution >= 4 is 17.4 Å². The van der Waals surface area contributed by atoms with Gasteiger partial charge in [0.15, 0.2) is 5.82 Å². The lowest BCUT2D eigenvalue weighted by molar-refractivity contribution is -0.121. The number of nitrogens with zero attached hydrogens (tertiary/aromatic N) is 5. The van der Waals surface area contributed by atoms with Crippen molar-refractivity contribution in [1.82, 2.24) is 25.1 Å². The maximum absolute atomic E-state index is 12.1. The number of nitrogens with one attached hydrogen (secondary N) is 2. The topological polar surface area (TPSA) is 105 Å². The van der Waals surface area contributed by atoms with Crippen LogP contribution < -0.4 is 21.1 Å². The molecular weight excluding hydrogens is 346 g/mol. The monoisotopic (exact) mass is 371 g/mol.